The van der Waals surface area contributed by atoms with Crippen molar-refractivity contribution in [1.82, 2.24) is 19.8 Å². The number of nitrogens with one attached hydrogen (secondary N) is 2. The number of aromatic nitrogens is 2. The molecule has 8 nitrogen and oxygen atoms in total. The number of carbonyl (C=O) groups is 3. The zero-order chi connectivity index (χ0) is 20.9. The lowest BCUT2D eigenvalue weighted by molar-refractivity contribution is -0.136. The topological polar surface area (TPSA) is 98.4 Å². The number of benzene rings is 1. The van der Waals surface area contributed by atoms with Gasteiger partial charge in [0.2, 0.25) is 5.91 Å². The van der Waals surface area contributed by atoms with E-state index in [1.165, 1.54) is 6.42 Å². The summed E-state index contributed by atoms with van der Waals surface area (Å²) in [5.74, 6) is 0.899. The number of imide groups is 1. The van der Waals surface area contributed by atoms with Gasteiger partial charge in [-0.25, -0.2) is 9.78 Å². The number of carbonyl (C=O) groups excluding carboxylic acids is 3. The first-order valence-corrected chi connectivity index (χ1v) is 10.9. The lowest BCUT2D eigenvalue weighted by Crippen LogP contribution is -2.49. The maximum Gasteiger partial charge on any atom is 0.327 e. The zero-order valence-corrected chi connectivity index (χ0v) is 17.2. The van der Waals surface area contributed by atoms with Gasteiger partial charge in [-0.05, 0) is 43.9 Å². The van der Waals surface area contributed by atoms with Crippen LogP contribution in [0.2, 0.25) is 0 Å². The van der Waals surface area contributed by atoms with Crippen molar-refractivity contribution in [1.29, 1.82) is 0 Å². The molecule has 158 valence electrons. The number of hydrogen-bond donors (Lipinski definition) is 2. The van der Waals surface area contributed by atoms with E-state index in [1.54, 1.807) is 18.0 Å². The fraction of sp³-hybridized carbons (Fsp3) is 0.545. The van der Waals surface area contributed by atoms with E-state index < -0.39 is 5.54 Å². The minimum absolute atomic E-state index is 0.237. The minimum Gasteiger partial charge on any atom is -0.342 e. The van der Waals surface area contributed by atoms with Crippen molar-refractivity contribution in [3.05, 3.63) is 24.0 Å². The van der Waals surface area contributed by atoms with Gasteiger partial charge < -0.3 is 15.2 Å². The van der Waals surface area contributed by atoms with E-state index >= 15 is 0 Å². The van der Waals surface area contributed by atoms with Crippen LogP contribution in [0.3, 0.4) is 0 Å². The Labute approximate surface area is 175 Å². The number of amides is 4. The van der Waals surface area contributed by atoms with E-state index in [0.717, 1.165) is 53.9 Å². The molecule has 2 heterocycles. The molecule has 1 saturated heterocycles. The molecule has 2 aliphatic carbocycles. The summed E-state index contributed by atoms with van der Waals surface area (Å²) in [6.07, 6.45) is 7.85. The van der Waals surface area contributed by atoms with Crippen molar-refractivity contribution in [3.8, 4) is 0 Å². The van der Waals surface area contributed by atoms with Crippen molar-refractivity contribution in [2.75, 3.05) is 18.9 Å². The summed E-state index contributed by atoms with van der Waals surface area (Å²) in [5.41, 5.74) is 1.61. The summed E-state index contributed by atoms with van der Waals surface area (Å²) in [6.45, 7) is -0.266. The number of likely N-dealkylation sites (N-methyl/N-ethyl adjacent to an activating group) is 1. The van der Waals surface area contributed by atoms with Crippen LogP contribution in [0.4, 0.5) is 10.5 Å². The second-order valence-electron chi connectivity index (χ2n) is 8.86. The molecule has 1 aromatic carbocycles. The van der Waals surface area contributed by atoms with Crippen molar-refractivity contribution in [3.63, 3.8) is 0 Å². The van der Waals surface area contributed by atoms with Gasteiger partial charge in [0, 0.05) is 18.7 Å². The second-order valence-corrected chi connectivity index (χ2v) is 8.86. The third-order valence-corrected chi connectivity index (χ3v) is 7.06. The molecule has 0 radical (unpaired) electrons. The molecule has 0 bridgehead atoms. The number of urea groups is 1. The maximum absolute atomic E-state index is 13.0. The number of anilines is 1. The van der Waals surface area contributed by atoms with Gasteiger partial charge in [-0.15, -0.1) is 0 Å². The predicted molar refractivity (Wildman–Crippen MR) is 112 cm³/mol. The van der Waals surface area contributed by atoms with Gasteiger partial charge in [0.05, 0.1) is 11.0 Å². The summed E-state index contributed by atoms with van der Waals surface area (Å²) < 4.78 is 0. The van der Waals surface area contributed by atoms with E-state index in [0.29, 0.717) is 24.4 Å². The fourth-order valence-corrected chi connectivity index (χ4v) is 5.00. The normalized spacial score (nSPS) is 21.5. The van der Waals surface area contributed by atoms with Crippen LogP contribution >= 0.6 is 0 Å². The summed E-state index contributed by atoms with van der Waals surface area (Å²) in [6, 6.07) is 5.14. The molecule has 2 aromatic rings. The van der Waals surface area contributed by atoms with Crippen molar-refractivity contribution in [2.24, 2.45) is 0 Å². The summed E-state index contributed by atoms with van der Waals surface area (Å²) in [5, 5.41) is 2.82. The van der Waals surface area contributed by atoms with Crippen LogP contribution in [0.1, 0.15) is 63.1 Å². The summed E-state index contributed by atoms with van der Waals surface area (Å²) >= 11 is 0. The highest BCUT2D eigenvalue weighted by Gasteiger charge is 2.55. The molecule has 3 fully saturated rings. The molecule has 1 spiro atoms. The van der Waals surface area contributed by atoms with Crippen LogP contribution < -0.4 is 5.32 Å². The monoisotopic (exact) mass is 409 g/mol. The van der Waals surface area contributed by atoms with Crippen molar-refractivity contribution >= 4 is 34.6 Å². The number of nitrogens with zero attached hydrogens (tertiary/aromatic N) is 3. The average molecular weight is 409 g/mol. The highest BCUT2D eigenvalue weighted by atomic mass is 16.2. The molecular weight excluding hydrogens is 382 g/mol. The van der Waals surface area contributed by atoms with Crippen LogP contribution in [-0.2, 0) is 9.59 Å². The number of hydrogen-bond acceptors (Lipinski definition) is 4. The fourth-order valence-electron chi connectivity index (χ4n) is 5.00. The zero-order valence-electron chi connectivity index (χ0n) is 17.2. The van der Waals surface area contributed by atoms with Crippen LogP contribution in [-0.4, -0.2) is 56.7 Å². The SMILES string of the molecule is CN1C(=O)N(CC(=O)Nc2ccc3nc(C4CCC4)[nH]c3c2)C(=O)C12CCCCC2. The number of H-pyrrole nitrogens is 1. The van der Waals surface area contributed by atoms with E-state index in [2.05, 4.69) is 15.3 Å². The lowest BCUT2D eigenvalue weighted by atomic mass is 9.81. The Morgan fingerprint density at radius 1 is 1.20 bits per heavy atom. The average Bonchev–Trinajstić information content (AvgIpc) is 3.17. The smallest absolute Gasteiger partial charge is 0.327 e. The molecule has 2 saturated carbocycles. The number of imidazole rings is 1. The Bertz CT molecular complexity index is 1020. The van der Waals surface area contributed by atoms with Gasteiger partial charge in [-0.2, -0.15) is 0 Å². The lowest BCUT2D eigenvalue weighted by Gasteiger charge is -2.35. The molecule has 4 amide bonds. The van der Waals surface area contributed by atoms with Gasteiger partial charge in [0.15, 0.2) is 0 Å². The number of aromatic amines is 1. The first kappa shape index (κ1) is 19.1. The van der Waals surface area contributed by atoms with Crippen molar-refractivity contribution < 1.29 is 14.4 Å². The Balaban J connectivity index is 1.28. The molecule has 1 aromatic heterocycles. The van der Waals surface area contributed by atoms with Crippen LogP contribution in [0.5, 0.6) is 0 Å². The molecule has 1 aliphatic heterocycles. The first-order valence-electron chi connectivity index (χ1n) is 10.9. The third kappa shape index (κ3) is 2.97. The Hall–Kier alpha value is -2.90. The largest absolute Gasteiger partial charge is 0.342 e. The quantitative estimate of drug-likeness (QED) is 0.757. The highest BCUT2D eigenvalue weighted by Crippen LogP contribution is 2.39. The molecule has 5 rings (SSSR count). The van der Waals surface area contributed by atoms with Gasteiger partial charge in [0.1, 0.15) is 17.9 Å². The summed E-state index contributed by atoms with van der Waals surface area (Å²) in [4.78, 5) is 49.0. The van der Waals surface area contributed by atoms with E-state index in [1.807, 2.05) is 12.1 Å². The molecule has 8 heteroatoms. The molecule has 3 aliphatic rings. The standard InChI is InChI=1S/C22H27N5O3/c1-26-21(30)27(20(29)22(26)10-3-2-4-11-22)13-18(28)23-15-8-9-16-17(12-15)25-19(24-16)14-6-5-7-14/h8-9,12,14H,2-7,10-11,13H2,1H3,(H,23,28)(H,24,25). The third-order valence-electron chi connectivity index (χ3n) is 7.06. The Morgan fingerprint density at radius 3 is 2.67 bits per heavy atom. The van der Waals surface area contributed by atoms with Gasteiger partial charge in [0.25, 0.3) is 5.91 Å². The Morgan fingerprint density at radius 2 is 1.97 bits per heavy atom. The molecule has 0 atom stereocenters. The summed E-state index contributed by atoms with van der Waals surface area (Å²) in [7, 11) is 1.68. The minimum atomic E-state index is -0.762. The Kier molecular flexibility index (Phi) is 4.52. The van der Waals surface area contributed by atoms with Crippen LogP contribution in [0.15, 0.2) is 18.2 Å². The molecule has 2 N–H and O–H groups in total. The van der Waals surface area contributed by atoms with Gasteiger partial charge >= 0.3 is 6.03 Å². The first-order chi connectivity index (χ1) is 14.5. The maximum atomic E-state index is 13.0. The van der Waals surface area contributed by atoms with E-state index in [4.69, 9.17) is 0 Å². The number of rotatable bonds is 4. The highest BCUT2D eigenvalue weighted by molar-refractivity contribution is 6.10. The van der Waals surface area contributed by atoms with Crippen molar-refractivity contribution in [2.45, 2.75) is 62.8 Å². The predicted octanol–water partition coefficient (Wildman–Crippen LogP) is 3.37. The van der Waals surface area contributed by atoms with Gasteiger partial charge in [-0.3, -0.25) is 14.5 Å². The van der Waals surface area contributed by atoms with E-state index in [-0.39, 0.29) is 24.4 Å². The second kappa shape index (κ2) is 7.11. The molecular formula is C22H27N5O3. The number of fused-ring (bicyclic) bond motifs is 1. The van der Waals surface area contributed by atoms with Gasteiger partial charge in [-0.1, -0.05) is 25.7 Å². The van der Waals surface area contributed by atoms with Crippen LogP contribution in [0.25, 0.3) is 11.0 Å². The van der Waals surface area contributed by atoms with Crippen LogP contribution in [0, 0.1) is 0 Å². The molecule has 0 unspecified atom stereocenters. The molecule has 30 heavy (non-hydrogen) atoms. The van der Waals surface area contributed by atoms with E-state index in [9.17, 15) is 14.4 Å².